The number of allylic oxidation sites excluding steroid dienone is 2. The Morgan fingerprint density at radius 2 is 1.88 bits per heavy atom. The van der Waals surface area contributed by atoms with E-state index in [1.54, 1.807) is 9.91 Å². The van der Waals surface area contributed by atoms with Crippen molar-refractivity contribution in [3.8, 4) is 0 Å². The van der Waals surface area contributed by atoms with Crippen molar-refractivity contribution in [1.29, 1.82) is 0 Å². The molecular weight excluding hydrogens is 500 g/mol. The van der Waals surface area contributed by atoms with Gasteiger partial charge in [0.15, 0.2) is 0 Å². The number of nitrogens with two attached hydrogens (primary N) is 1. The zero-order valence-corrected chi connectivity index (χ0v) is 22.9. The maximum atomic E-state index is 6.32. The van der Waals surface area contributed by atoms with Gasteiger partial charge in [-0.05, 0) is 97.7 Å². The average molecular weight is 539 g/mol. The fraction of sp³-hybridized carbons (Fsp3) is 0.419. The first kappa shape index (κ1) is 25.2. The lowest BCUT2D eigenvalue weighted by Gasteiger charge is -2.27. The third-order valence-electron chi connectivity index (χ3n) is 8.63. The second-order valence-corrected chi connectivity index (χ2v) is 11.3. The van der Waals surface area contributed by atoms with Gasteiger partial charge in [0.05, 0.1) is 12.3 Å². The van der Waals surface area contributed by atoms with E-state index in [9.17, 15) is 0 Å². The van der Waals surface area contributed by atoms with Gasteiger partial charge in [-0.15, -0.1) is 9.89 Å². The fourth-order valence-corrected chi connectivity index (χ4v) is 6.46. The summed E-state index contributed by atoms with van der Waals surface area (Å²) in [6.07, 6.45) is 14.5. The summed E-state index contributed by atoms with van der Waals surface area (Å²) in [6, 6.07) is 15.8. The number of nitrogens with one attached hydrogen (secondary N) is 3. The molecule has 2 aromatic carbocycles. The summed E-state index contributed by atoms with van der Waals surface area (Å²) in [4.78, 5) is 6.11. The molecule has 7 rings (SSSR count). The maximum absolute atomic E-state index is 6.32. The predicted octanol–water partition coefficient (Wildman–Crippen LogP) is 4.34. The van der Waals surface area contributed by atoms with Crippen molar-refractivity contribution in [2.24, 2.45) is 0 Å². The van der Waals surface area contributed by atoms with Crippen molar-refractivity contribution in [3.05, 3.63) is 82.7 Å². The predicted molar refractivity (Wildman–Crippen MR) is 158 cm³/mol. The van der Waals surface area contributed by atoms with E-state index >= 15 is 0 Å². The molecule has 4 aliphatic rings. The lowest BCUT2D eigenvalue weighted by atomic mass is 9.96. The van der Waals surface area contributed by atoms with Gasteiger partial charge in [0.2, 0.25) is 5.95 Å². The van der Waals surface area contributed by atoms with E-state index in [4.69, 9.17) is 10.5 Å². The Morgan fingerprint density at radius 1 is 0.975 bits per heavy atom. The Bertz CT molecular complexity index is 1440. The molecule has 2 unspecified atom stereocenters. The number of hydrazine groups is 1. The largest absolute Gasteiger partial charge is 0.377 e. The van der Waals surface area contributed by atoms with Crippen LogP contribution >= 0.6 is 0 Å². The molecule has 0 saturated carbocycles. The lowest BCUT2D eigenvalue weighted by molar-refractivity contribution is 0.107. The Kier molecular flexibility index (Phi) is 6.91. The second-order valence-electron chi connectivity index (χ2n) is 11.3. The topological polar surface area (TPSA) is 105 Å². The van der Waals surface area contributed by atoms with Crippen molar-refractivity contribution in [3.63, 3.8) is 0 Å². The smallest absolute Gasteiger partial charge is 0.250 e. The highest BCUT2D eigenvalue weighted by Crippen LogP contribution is 2.35. The molecular formula is C31H38N8O. The van der Waals surface area contributed by atoms with Crippen molar-refractivity contribution < 1.29 is 4.74 Å². The van der Waals surface area contributed by atoms with E-state index in [-0.39, 0.29) is 0 Å². The van der Waals surface area contributed by atoms with Gasteiger partial charge < -0.3 is 21.1 Å². The van der Waals surface area contributed by atoms with Gasteiger partial charge in [-0.2, -0.15) is 10.1 Å². The number of aromatic nitrogens is 3. The molecule has 9 heteroatoms. The minimum atomic E-state index is 0.313. The summed E-state index contributed by atoms with van der Waals surface area (Å²) in [5, 5.41) is 13.6. The van der Waals surface area contributed by atoms with Gasteiger partial charge in [0.25, 0.3) is 5.95 Å². The quantitative estimate of drug-likeness (QED) is 0.344. The van der Waals surface area contributed by atoms with Gasteiger partial charge in [-0.1, -0.05) is 30.3 Å². The Morgan fingerprint density at radius 3 is 2.77 bits per heavy atom. The first-order valence-electron chi connectivity index (χ1n) is 14.7. The molecule has 1 aromatic heterocycles. The normalized spacial score (nSPS) is 22.1. The van der Waals surface area contributed by atoms with Crippen LogP contribution < -0.4 is 26.9 Å². The van der Waals surface area contributed by atoms with Crippen LogP contribution in [0, 0.1) is 0 Å². The number of benzene rings is 2. The van der Waals surface area contributed by atoms with Gasteiger partial charge in [0.1, 0.15) is 0 Å². The van der Waals surface area contributed by atoms with Gasteiger partial charge in [0, 0.05) is 36.7 Å². The van der Waals surface area contributed by atoms with Crippen LogP contribution in [-0.2, 0) is 24.0 Å². The third-order valence-corrected chi connectivity index (χ3v) is 8.63. The Labute approximate surface area is 235 Å². The summed E-state index contributed by atoms with van der Waals surface area (Å²) in [5.74, 6) is 0.788. The monoisotopic (exact) mass is 538 g/mol. The van der Waals surface area contributed by atoms with Crippen LogP contribution in [0.25, 0.3) is 5.57 Å². The second kappa shape index (κ2) is 11.0. The van der Waals surface area contributed by atoms with Crippen molar-refractivity contribution in [1.82, 2.24) is 25.6 Å². The maximum Gasteiger partial charge on any atom is 0.250 e. The van der Waals surface area contributed by atoms with E-state index in [2.05, 4.69) is 74.8 Å². The molecule has 0 spiro atoms. The molecule has 3 heterocycles. The molecule has 0 bridgehead atoms. The molecule has 2 aliphatic carbocycles. The molecule has 2 aliphatic heterocycles. The minimum absolute atomic E-state index is 0.313. The zero-order chi connectivity index (χ0) is 26.9. The van der Waals surface area contributed by atoms with Crippen LogP contribution in [0.4, 0.5) is 17.6 Å². The number of aryl methyl sites for hydroxylation is 3. The Hall–Kier alpha value is -3.82. The summed E-state index contributed by atoms with van der Waals surface area (Å²) >= 11 is 0. The number of ether oxygens (including phenoxy) is 1. The summed E-state index contributed by atoms with van der Waals surface area (Å²) in [5.41, 5.74) is 18.7. The van der Waals surface area contributed by atoms with Crippen molar-refractivity contribution in [2.45, 2.75) is 69.9 Å². The van der Waals surface area contributed by atoms with E-state index in [1.807, 2.05) is 6.20 Å². The average Bonchev–Trinajstić information content (AvgIpc) is 3.52. The fourth-order valence-electron chi connectivity index (χ4n) is 6.46. The number of fused-ring (bicyclic) bond motifs is 4. The zero-order valence-electron chi connectivity index (χ0n) is 22.9. The van der Waals surface area contributed by atoms with Gasteiger partial charge in [-0.3, -0.25) is 5.43 Å². The molecule has 5 N–H and O–H groups in total. The molecule has 2 atom stereocenters. The number of hydrogen-bond donors (Lipinski definition) is 4. The van der Waals surface area contributed by atoms with Gasteiger partial charge in [-0.25, -0.2) is 0 Å². The van der Waals surface area contributed by atoms with Crippen LogP contribution in [0.15, 0.2) is 60.4 Å². The highest BCUT2D eigenvalue weighted by molar-refractivity contribution is 5.82. The molecule has 208 valence electrons. The standard InChI is InChI=1S/C31H38N8O/c32-30-36-31(37-39(30)38-20-24-7-3-6-22-5-1-2-9-28(22)29(24)19-34-38)35-26-15-11-21-10-13-25(14-12-23(21)17-26)33-18-27-8-4-16-40-27/h1-2,5,9,11,15,17,19-20,25,27,33-34H,3-4,6-8,10,12-14,16,18H2,(H3,32,35,36,37). The van der Waals surface area contributed by atoms with Crippen LogP contribution in [0.5, 0.6) is 0 Å². The number of rotatable bonds is 6. The van der Waals surface area contributed by atoms with Crippen molar-refractivity contribution >= 4 is 23.2 Å². The summed E-state index contributed by atoms with van der Waals surface area (Å²) < 4.78 is 5.79. The molecule has 0 radical (unpaired) electrons. The van der Waals surface area contributed by atoms with E-state index in [1.165, 1.54) is 46.2 Å². The summed E-state index contributed by atoms with van der Waals surface area (Å²) in [6.45, 7) is 1.88. The van der Waals surface area contributed by atoms with E-state index < -0.39 is 0 Å². The molecule has 1 saturated heterocycles. The van der Waals surface area contributed by atoms with Crippen LogP contribution in [-0.4, -0.2) is 40.2 Å². The SMILES string of the molecule is Nc1nc(Nc2ccc3c(c2)CCC(NCC2CCCO2)CC3)nn1N1C=C2CCCc3ccccc3C2=CN1. The van der Waals surface area contributed by atoms with Crippen LogP contribution in [0.1, 0.15) is 60.8 Å². The summed E-state index contributed by atoms with van der Waals surface area (Å²) in [7, 11) is 0. The first-order chi connectivity index (χ1) is 19.7. The number of nitrogen functional groups attached to an aromatic ring is 1. The number of nitrogens with zero attached hydrogens (tertiary/aromatic N) is 4. The lowest BCUT2D eigenvalue weighted by Crippen LogP contribution is -2.42. The Balaban J connectivity index is 1.02. The highest BCUT2D eigenvalue weighted by atomic mass is 16.5. The first-order valence-corrected chi connectivity index (χ1v) is 14.7. The number of anilines is 3. The minimum Gasteiger partial charge on any atom is -0.377 e. The van der Waals surface area contributed by atoms with Crippen LogP contribution in [0.2, 0.25) is 0 Å². The molecule has 3 aromatic rings. The number of hydrogen-bond acceptors (Lipinski definition) is 8. The van der Waals surface area contributed by atoms with Crippen molar-refractivity contribution in [2.75, 3.05) is 29.3 Å². The van der Waals surface area contributed by atoms with Crippen LogP contribution in [0.3, 0.4) is 0 Å². The van der Waals surface area contributed by atoms with E-state index in [0.29, 0.717) is 24.0 Å². The third kappa shape index (κ3) is 5.19. The van der Waals surface area contributed by atoms with E-state index in [0.717, 1.165) is 63.8 Å². The molecule has 1 fully saturated rings. The highest BCUT2D eigenvalue weighted by Gasteiger charge is 2.23. The molecule has 40 heavy (non-hydrogen) atoms. The molecule has 9 nitrogen and oxygen atoms in total. The van der Waals surface area contributed by atoms with Gasteiger partial charge >= 0.3 is 0 Å². The molecule has 0 amide bonds.